The van der Waals surface area contributed by atoms with Gasteiger partial charge in [0.1, 0.15) is 0 Å². The molecule has 0 aliphatic rings. The molecule has 5 heteroatoms. The highest BCUT2D eigenvalue weighted by Crippen LogP contribution is 2.47. The molecule has 0 atom stereocenters. The van der Waals surface area contributed by atoms with Crippen molar-refractivity contribution in [1.82, 2.24) is 0 Å². The van der Waals surface area contributed by atoms with Crippen molar-refractivity contribution in [3.05, 3.63) is 105 Å². The summed E-state index contributed by atoms with van der Waals surface area (Å²) in [6.07, 6.45) is 6.25. The molecule has 0 radical (unpaired) electrons. The van der Waals surface area contributed by atoms with Gasteiger partial charge in [0.05, 0.1) is 0 Å². The molecule has 3 rings (SSSR count). The first-order valence-corrected chi connectivity index (χ1v) is 14.2. The molecular formula is C24H24Cl3PS. The first-order valence-electron chi connectivity index (χ1n) is 9.72. The predicted octanol–water partition coefficient (Wildman–Crippen LogP) is 8.15. The van der Waals surface area contributed by atoms with Crippen LogP contribution in [0.4, 0.5) is 0 Å². The number of hydrogen-bond donors (Lipinski definition) is 0. The van der Waals surface area contributed by atoms with Crippen molar-refractivity contribution in [1.29, 1.82) is 0 Å². The maximum atomic E-state index is 6.31. The molecule has 0 aromatic heterocycles. The number of aryl methyl sites for hydroxylation is 3. The second kappa shape index (κ2) is 11.0. The molecule has 29 heavy (non-hydrogen) atoms. The SMILES string of the molecule is S=P(CCc1ccc(Cl)cc1)(CCc1ccc(Cl)cc1)CCc1ccc(Cl)cc1. The lowest BCUT2D eigenvalue weighted by molar-refractivity contribution is 1.06. The Hall–Kier alpha value is -0.820. The topological polar surface area (TPSA) is 0 Å². The Bertz CT molecular complexity index is 824. The predicted molar refractivity (Wildman–Crippen MR) is 134 cm³/mol. The summed E-state index contributed by atoms with van der Waals surface area (Å²) in [6.45, 7) is 0. The van der Waals surface area contributed by atoms with Gasteiger partial charge >= 0.3 is 0 Å². The van der Waals surface area contributed by atoms with E-state index in [0.29, 0.717) is 0 Å². The zero-order chi connectivity index (χ0) is 20.7. The van der Waals surface area contributed by atoms with Crippen molar-refractivity contribution in [2.75, 3.05) is 18.5 Å². The van der Waals surface area contributed by atoms with E-state index < -0.39 is 6.04 Å². The summed E-state index contributed by atoms with van der Waals surface area (Å²) in [5.41, 5.74) is 3.92. The van der Waals surface area contributed by atoms with Gasteiger partial charge in [-0.15, -0.1) is 0 Å². The van der Waals surface area contributed by atoms with Crippen LogP contribution in [-0.2, 0) is 31.1 Å². The minimum absolute atomic E-state index is 0.777. The summed E-state index contributed by atoms with van der Waals surface area (Å²) in [5, 5.41) is 2.33. The van der Waals surface area contributed by atoms with Crippen LogP contribution in [0.1, 0.15) is 16.7 Å². The third kappa shape index (κ3) is 7.74. The highest BCUT2D eigenvalue weighted by Gasteiger charge is 2.17. The second-order valence-electron chi connectivity index (χ2n) is 7.36. The maximum absolute atomic E-state index is 6.31. The summed E-state index contributed by atoms with van der Waals surface area (Å²) >= 11 is 24.4. The first kappa shape index (κ1) is 22.9. The molecule has 0 nitrogen and oxygen atoms in total. The molecular weight excluding hydrogens is 458 g/mol. The van der Waals surface area contributed by atoms with Gasteiger partial charge in [0.15, 0.2) is 0 Å². The van der Waals surface area contributed by atoms with Gasteiger partial charge in [0, 0.05) is 15.1 Å². The lowest BCUT2D eigenvalue weighted by Gasteiger charge is -2.23. The largest absolute Gasteiger partial charge is 0.0974 e. The van der Waals surface area contributed by atoms with Crippen LogP contribution >= 0.6 is 40.8 Å². The monoisotopic (exact) mass is 480 g/mol. The Morgan fingerprint density at radius 3 is 0.966 bits per heavy atom. The van der Waals surface area contributed by atoms with E-state index in [1.54, 1.807) is 0 Å². The van der Waals surface area contributed by atoms with E-state index in [9.17, 15) is 0 Å². The van der Waals surface area contributed by atoms with E-state index in [1.165, 1.54) is 16.7 Å². The van der Waals surface area contributed by atoms with Crippen molar-refractivity contribution < 1.29 is 0 Å². The van der Waals surface area contributed by atoms with Crippen LogP contribution in [0.2, 0.25) is 15.1 Å². The Balaban J connectivity index is 1.67. The summed E-state index contributed by atoms with van der Waals surface area (Å²) in [7, 11) is 0. The molecule has 0 N–H and O–H groups in total. The van der Waals surface area contributed by atoms with Crippen LogP contribution in [0, 0.1) is 0 Å². The highest BCUT2D eigenvalue weighted by atomic mass is 35.5. The van der Waals surface area contributed by atoms with Crippen molar-refractivity contribution in [2.24, 2.45) is 0 Å². The molecule has 0 spiro atoms. The number of benzene rings is 3. The van der Waals surface area contributed by atoms with Gasteiger partial charge in [-0.3, -0.25) is 0 Å². The fourth-order valence-corrected chi connectivity index (χ4v) is 7.15. The summed E-state index contributed by atoms with van der Waals surface area (Å²) in [4.78, 5) is 0. The average molecular weight is 482 g/mol. The average Bonchev–Trinajstić information content (AvgIpc) is 2.73. The van der Waals surface area contributed by atoms with Crippen molar-refractivity contribution in [3.63, 3.8) is 0 Å². The van der Waals surface area contributed by atoms with Gasteiger partial charge in [-0.1, -0.05) is 83.0 Å². The van der Waals surface area contributed by atoms with Gasteiger partial charge in [0.25, 0.3) is 0 Å². The van der Waals surface area contributed by atoms with E-state index in [2.05, 4.69) is 36.4 Å². The molecule has 0 bridgehead atoms. The van der Waals surface area contributed by atoms with Crippen LogP contribution in [-0.4, -0.2) is 18.5 Å². The molecule has 0 heterocycles. The van der Waals surface area contributed by atoms with Crippen molar-refractivity contribution >= 4 is 52.6 Å². The van der Waals surface area contributed by atoms with E-state index in [1.807, 2.05) is 36.4 Å². The highest BCUT2D eigenvalue weighted by molar-refractivity contribution is 8.14. The van der Waals surface area contributed by atoms with Gasteiger partial charge in [-0.25, -0.2) is 0 Å². The molecule has 3 aromatic carbocycles. The Labute approximate surface area is 194 Å². The van der Waals surface area contributed by atoms with E-state index in [0.717, 1.165) is 52.8 Å². The second-order valence-corrected chi connectivity index (χ2v) is 14.4. The van der Waals surface area contributed by atoms with E-state index in [-0.39, 0.29) is 0 Å². The van der Waals surface area contributed by atoms with Crippen LogP contribution in [0.5, 0.6) is 0 Å². The van der Waals surface area contributed by atoms with Crippen LogP contribution in [0.25, 0.3) is 0 Å². The van der Waals surface area contributed by atoms with Crippen molar-refractivity contribution in [3.8, 4) is 0 Å². The minimum atomic E-state index is -1.52. The zero-order valence-corrected chi connectivity index (χ0v) is 20.1. The van der Waals surface area contributed by atoms with Crippen LogP contribution in [0.15, 0.2) is 72.8 Å². The molecule has 152 valence electrons. The van der Waals surface area contributed by atoms with Crippen molar-refractivity contribution in [2.45, 2.75) is 19.3 Å². The lowest BCUT2D eigenvalue weighted by Crippen LogP contribution is -2.07. The molecule has 0 amide bonds. The van der Waals surface area contributed by atoms with E-state index >= 15 is 0 Å². The normalized spacial score (nSPS) is 11.6. The third-order valence-electron chi connectivity index (χ3n) is 5.16. The summed E-state index contributed by atoms with van der Waals surface area (Å²) < 4.78 is 0. The van der Waals surface area contributed by atoms with Gasteiger partial charge in [-0.2, -0.15) is 0 Å². The molecule has 0 aliphatic heterocycles. The fourth-order valence-electron chi connectivity index (χ4n) is 3.29. The zero-order valence-electron chi connectivity index (χ0n) is 16.2. The van der Waals surface area contributed by atoms with Gasteiger partial charge in [-0.05, 0) is 96.9 Å². The Kier molecular flexibility index (Phi) is 8.66. The Morgan fingerprint density at radius 1 is 0.483 bits per heavy atom. The molecule has 0 unspecified atom stereocenters. The maximum Gasteiger partial charge on any atom is 0.0406 e. The number of hydrogen-bond acceptors (Lipinski definition) is 1. The lowest BCUT2D eigenvalue weighted by atomic mass is 10.2. The fraction of sp³-hybridized carbons (Fsp3) is 0.250. The van der Waals surface area contributed by atoms with Crippen LogP contribution < -0.4 is 0 Å². The molecule has 0 saturated carbocycles. The quantitative estimate of drug-likeness (QED) is 0.278. The minimum Gasteiger partial charge on any atom is -0.0974 e. The van der Waals surface area contributed by atoms with E-state index in [4.69, 9.17) is 46.6 Å². The smallest absolute Gasteiger partial charge is 0.0406 e. The van der Waals surface area contributed by atoms with Gasteiger partial charge < -0.3 is 0 Å². The standard InChI is InChI=1S/C24H24Cl3PS/c25-22-7-1-19(2-8-22)13-16-28(29,17-14-20-3-9-23(26)10-4-20)18-15-21-5-11-24(27)12-6-21/h1-12H,13-18H2. The Morgan fingerprint density at radius 2 is 0.724 bits per heavy atom. The number of rotatable bonds is 9. The number of halogens is 3. The molecule has 0 saturated heterocycles. The molecule has 3 aromatic rings. The molecule has 0 fully saturated rings. The molecule has 0 aliphatic carbocycles. The summed E-state index contributed by atoms with van der Waals surface area (Å²) in [5.74, 6) is 0. The van der Waals surface area contributed by atoms with Gasteiger partial charge in [0.2, 0.25) is 0 Å². The third-order valence-corrected chi connectivity index (χ3v) is 10.7. The first-order chi connectivity index (χ1) is 13.9. The summed E-state index contributed by atoms with van der Waals surface area (Å²) in [6, 6.07) is 22.9. The van der Waals surface area contributed by atoms with Crippen LogP contribution in [0.3, 0.4) is 0 Å².